The third-order valence-corrected chi connectivity index (χ3v) is 4.51. The molecule has 2 atom stereocenters. The number of piperidine rings is 1. The molecule has 1 aromatic carbocycles. The molecule has 0 radical (unpaired) electrons. The molecule has 1 fully saturated rings. The number of alkyl halides is 1. The van der Waals surface area contributed by atoms with E-state index in [1.54, 1.807) is 0 Å². The van der Waals surface area contributed by atoms with Crippen LogP contribution in [0.3, 0.4) is 0 Å². The van der Waals surface area contributed by atoms with Gasteiger partial charge in [0.25, 0.3) is 0 Å². The van der Waals surface area contributed by atoms with Gasteiger partial charge < -0.3 is 9.88 Å². The summed E-state index contributed by atoms with van der Waals surface area (Å²) in [4.78, 5) is 16.0. The number of aromatic nitrogens is 2. The lowest BCUT2D eigenvalue weighted by molar-refractivity contribution is -0.122. The highest BCUT2D eigenvalue weighted by Gasteiger charge is 2.25. The lowest BCUT2D eigenvalue weighted by Gasteiger charge is -2.26. The first-order chi connectivity index (χ1) is 9.56. The summed E-state index contributed by atoms with van der Waals surface area (Å²) in [6, 6.07) is 6.46. The summed E-state index contributed by atoms with van der Waals surface area (Å²) in [5.41, 5.74) is 2.06. The van der Waals surface area contributed by atoms with Crippen LogP contribution in [-0.4, -0.2) is 22.0 Å². The van der Waals surface area contributed by atoms with Crippen LogP contribution >= 0.6 is 34.2 Å². The normalized spacial score (nSPS) is 20.9. The molecular weight excluding hydrogens is 389 g/mol. The van der Waals surface area contributed by atoms with Crippen LogP contribution in [0.5, 0.6) is 0 Å². The van der Waals surface area contributed by atoms with E-state index < -0.39 is 0 Å². The van der Waals surface area contributed by atoms with Gasteiger partial charge in [0.05, 0.1) is 22.5 Å². The van der Waals surface area contributed by atoms with Gasteiger partial charge in [0, 0.05) is 16.5 Å². The average molecular weight is 404 g/mol. The summed E-state index contributed by atoms with van der Waals surface area (Å²) in [5, 5.41) is 2.78. The molecule has 106 valence electrons. The largest absolute Gasteiger partial charge is 0.354 e. The van der Waals surface area contributed by atoms with Crippen LogP contribution in [0.25, 0.3) is 11.0 Å². The number of hydrogen-bond donors (Lipinski definition) is 1. The van der Waals surface area contributed by atoms with Crippen molar-refractivity contribution in [2.75, 3.05) is 6.54 Å². The third kappa shape index (κ3) is 2.53. The lowest BCUT2D eigenvalue weighted by atomic mass is 10.1. The van der Waals surface area contributed by atoms with E-state index in [1.165, 1.54) is 0 Å². The standard InChI is InChI=1S/C14H15ClIN3O/c1-8(15)14-18-11-6-9(16)2-4-12(11)19(14)10-3-5-13(20)17-7-10/h2,4,6,8,10H,3,5,7H2,1H3,(H,17,20). The van der Waals surface area contributed by atoms with Crippen LogP contribution in [0.15, 0.2) is 18.2 Å². The van der Waals surface area contributed by atoms with Crippen LogP contribution in [0.4, 0.5) is 0 Å². The van der Waals surface area contributed by atoms with Crippen LogP contribution in [0.2, 0.25) is 0 Å². The van der Waals surface area contributed by atoms with Crippen molar-refractivity contribution in [1.29, 1.82) is 0 Å². The van der Waals surface area contributed by atoms with Crippen molar-refractivity contribution >= 4 is 51.1 Å². The first-order valence-electron chi connectivity index (χ1n) is 6.64. The number of carbonyl (C=O) groups is 1. The number of benzene rings is 1. The Morgan fingerprint density at radius 2 is 2.35 bits per heavy atom. The van der Waals surface area contributed by atoms with Crippen LogP contribution in [0.1, 0.15) is 37.0 Å². The van der Waals surface area contributed by atoms with E-state index in [9.17, 15) is 4.79 Å². The van der Waals surface area contributed by atoms with Crippen molar-refractivity contribution in [1.82, 2.24) is 14.9 Å². The fourth-order valence-electron chi connectivity index (χ4n) is 2.70. The van der Waals surface area contributed by atoms with Crippen molar-refractivity contribution in [3.05, 3.63) is 27.6 Å². The van der Waals surface area contributed by atoms with Crippen molar-refractivity contribution < 1.29 is 4.79 Å². The van der Waals surface area contributed by atoms with Gasteiger partial charge in [-0.2, -0.15) is 0 Å². The molecule has 2 aromatic rings. The highest BCUT2D eigenvalue weighted by atomic mass is 127. The van der Waals surface area contributed by atoms with E-state index in [0.717, 1.165) is 26.8 Å². The van der Waals surface area contributed by atoms with E-state index >= 15 is 0 Å². The molecule has 0 bridgehead atoms. The van der Waals surface area contributed by atoms with Gasteiger partial charge >= 0.3 is 0 Å². The Kier molecular flexibility index (Phi) is 3.90. The van der Waals surface area contributed by atoms with Gasteiger partial charge in [-0.1, -0.05) is 0 Å². The van der Waals surface area contributed by atoms with Crippen LogP contribution < -0.4 is 5.32 Å². The summed E-state index contributed by atoms with van der Waals surface area (Å²) in [6.07, 6.45) is 1.39. The zero-order valence-corrected chi connectivity index (χ0v) is 14.0. The Hall–Kier alpha value is -0.820. The molecule has 1 aliphatic heterocycles. The molecule has 1 aromatic heterocycles. The molecule has 0 saturated carbocycles. The van der Waals surface area contributed by atoms with E-state index in [1.807, 2.05) is 6.92 Å². The van der Waals surface area contributed by atoms with E-state index in [2.05, 4.69) is 55.7 Å². The predicted molar refractivity (Wildman–Crippen MR) is 88.0 cm³/mol. The number of amides is 1. The second-order valence-corrected chi connectivity index (χ2v) is 6.99. The van der Waals surface area contributed by atoms with Crippen molar-refractivity contribution in [2.45, 2.75) is 31.2 Å². The van der Waals surface area contributed by atoms with E-state index in [4.69, 9.17) is 11.6 Å². The second kappa shape index (κ2) is 5.52. The summed E-state index contributed by atoms with van der Waals surface area (Å²) in [6.45, 7) is 2.58. The topological polar surface area (TPSA) is 46.9 Å². The molecule has 20 heavy (non-hydrogen) atoms. The number of fused-ring (bicyclic) bond motifs is 1. The van der Waals surface area contributed by atoms with Gasteiger partial charge in [0.15, 0.2) is 0 Å². The highest BCUT2D eigenvalue weighted by molar-refractivity contribution is 14.1. The van der Waals surface area contributed by atoms with Crippen LogP contribution in [0, 0.1) is 3.57 Å². The quantitative estimate of drug-likeness (QED) is 0.617. The zero-order valence-electron chi connectivity index (χ0n) is 11.1. The van der Waals surface area contributed by atoms with Gasteiger partial charge in [-0.3, -0.25) is 4.79 Å². The fraction of sp³-hybridized carbons (Fsp3) is 0.429. The Labute approximate surface area is 136 Å². The molecule has 4 nitrogen and oxygen atoms in total. The molecule has 1 amide bonds. The Balaban J connectivity index is 2.11. The van der Waals surface area contributed by atoms with E-state index in [0.29, 0.717) is 13.0 Å². The average Bonchev–Trinajstić information content (AvgIpc) is 2.78. The third-order valence-electron chi connectivity index (χ3n) is 3.64. The molecule has 1 aliphatic rings. The molecule has 2 heterocycles. The number of halogens is 2. The van der Waals surface area contributed by atoms with Crippen molar-refractivity contribution in [3.8, 4) is 0 Å². The number of imidazole rings is 1. The van der Waals surface area contributed by atoms with E-state index in [-0.39, 0.29) is 17.3 Å². The van der Waals surface area contributed by atoms with Gasteiger partial charge in [-0.15, -0.1) is 11.6 Å². The summed E-state index contributed by atoms with van der Waals surface area (Å²) < 4.78 is 3.35. The maximum Gasteiger partial charge on any atom is 0.220 e. The van der Waals surface area contributed by atoms with Crippen molar-refractivity contribution in [2.24, 2.45) is 0 Å². The van der Waals surface area contributed by atoms with Gasteiger partial charge in [-0.05, 0) is 54.1 Å². The minimum atomic E-state index is -0.155. The first kappa shape index (κ1) is 14.1. The molecule has 0 spiro atoms. The van der Waals surface area contributed by atoms with Gasteiger partial charge in [-0.25, -0.2) is 4.98 Å². The molecule has 1 saturated heterocycles. The molecule has 2 unspecified atom stereocenters. The molecule has 1 N–H and O–H groups in total. The molecular formula is C14H15ClIN3O. The Morgan fingerprint density at radius 1 is 1.55 bits per heavy atom. The summed E-state index contributed by atoms with van der Waals surface area (Å²) >= 11 is 8.58. The zero-order chi connectivity index (χ0) is 14.3. The molecule has 3 rings (SSSR count). The van der Waals surface area contributed by atoms with Crippen LogP contribution in [-0.2, 0) is 4.79 Å². The monoisotopic (exact) mass is 403 g/mol. The van der Waals surface area contributed by atoms with Crippen molar-refractivity contribution in [3.63, 3.8) is 0 Å². The number of nitrogens with zero attached hydrogens (tertiary/aromatic N) is 2. The Bertz CT molecular complexity index is 658. The maximum absolute atomic E-state index is 11.3. The summed E-state index contributed by atoms with van der Waals surface area (Å²) in [7, 11) is 0. The highest BCUT2D eigenvalue weighted by Crippen LogP contribution is 2.31. The smallest absolute Gasteiger partial charge is 0.220 e. The summed E-state index contributed by atoms with van der Waals surface area (Å²) in [5.74, 6) is 1.01. The van der Waals surface area contributed by atoms with Gasteiger partial charge in [0.2, 0.25) is 5.91 Å². The van der Waals surface area contributed by atoms with Gasteiger partial charge in [0.1, 0.15) is 5.82 Å². The Morgan fingerprint density at radius 3 is 3.00 bits per heavy atom. The number of hydrogen-bond acceptors (Lipinski definition) is 2. The number of rotatable bonds is 2. The second-order valence-electron chi connectivity index (χ2n) is 5.09. The minimum absolute atomic E-state index is 0.126. The number of carbonyl (C=O) groups excluding carboxylic acids is 1. The predicted octanol–water partition coefficient (Wildman–Crippen LogP) is 3.39. The lowest BCUT2D eigenvalue weighted by Crippen LogP contribution is -2.36. The first-order valence-corrected chi connectivity index (χ1v) is 8.16. The fourth-order valence-corrected chi connectivity index (χ4v) is 3.32. The molecule has 0 aliphatic carbocycles. The number of nitrogens with one attached hydrogen (secondary N) is 1. The maximum atomic E-state index is 11.3. The minimum Gasteiger partial charge on any atom is -0.354 e. The SMILES string of the molecule is CC(Cl)c1nc2cc(I)ccc2n1C1CCC(=O)NC1. The molecule has 6 heteroatoms.